The Hall–Kier alpha value is -3.07. The van der Waals surface area contributed by atoms with Crippen LogP contribution in [0.1, 0.15) is 62.1 Å². The molecule has 44 heavy (non-hydrogen) atoms. The lowest BCUT2D eigenvalue weighted by Crippen LogP contribution is -2.60. The summed E-state index contributed by atoms with van der Waals surface area (Å²) in [6, 6.07) is 30.4. The molecule has 0 unspecified atom stereocenters. The molecule has 7 atom stereocenters. The van der Waals surface area contributed by atoms with Crippen molar-refractivity contribution in [1.29, 1.82) is 0 Å². The number of hydrogen-bond donors (Lipinski definition) is 0. The fourth-order valence-corrected chi connectivity index (χ4v) is 6.24. The van der Waals surface area contributed by atoms with Gasteiger partial charge in [0.1, 0.15) is 18.3 Å². The van der Waals surface area contributed by atoms with Gasteiger partial charge in [0.25, 0.3) is 0 Å². The molecule has 1 aliphatic heterocycles. The van der Waals surface area contributed by atoms with E-state index in [-0.39, 0.29) is 30.2 Å². The summed E-state index contributed by atoms with van der Waals surface area (Å²) in [5.41, 5.74) is 3.21. The van der Waals surface area contributed by atoms with Gasteiger partial charge < -0.3 is 28.4 Å². The Bertz CT molecular complexity index is 1240. The minimum Gasteiger partial charge on any atom is -0.469 e. The molecule has 236 valence electrons. The summed E-state index contributed by atoms with van der Waals surface area (Å²) in [7, 11) is 1.44. The van der Waals surface area contributed by atoms with E-state index in [9.17, 15) is 4.79 Å². The van der Waals surface area contributed by atoms with Crippen LogP contribution in [0.3, 0.4) is 0 Å². The summed E-state index contributed by atoms with van der Waals surface area (Å²) in [5.74, 6) is 0.0565. The normalized spacial score (nSPS) is 27.1. The highest BCUT2D eigenvalue weighted by Crippen LogP contribution is 2.36. The third kappa shape index (κ3) is 9.22. The highest BCUT2D eigenvalue weighted by Gasteiger charge is 2.48. The van der Waals surface area contributed by atoms with Gasteiger partial charge in [0.2, 0.25) is 0 Å². The molecule has 0 aromatic heterocycles. The molecule has 1 aliphatic carbocycles. The second kappa shape index (κ2) is 16.8. The molecule has 0 amide bonds. The summed E-state index contributed by atoms with van der Waals surface area (Å²) in [6.45, 7) is 3.25. The monoisotopic (exact) mass is 602 g/mol. The predicted molar refractivity (Wildman–Crippen MR) is 167 cm³/mol. The molecule has 5 rings (SSSR count). The fourth-order valence-electron chi connectivity index (χ4n) is 6.24. The van der Waals surface area contributed by atoms with E-state index >= 15 is 0 Å². The smallest absolute Gasteiger partial charge is 0.305 e. The highest BCUT2D eigenvalue weighted by atomic mass is 16.7. The molecule has 7 nitrogen and oxygen atoms in total. The van der Waals surface area contributed by atoms with Crippen molar-refractivity contribution in [2.24, 2.45) is 5.92 Å². The Morgan fingerprint density at radius 3 is 1.75 bits per heavy atom. The van der Waals surface area contributed by atoms with Crippen LogP contribution in [0.4, 0.5) is 0 Å². The maximum atomic E-state index is 12.0. The molecule has 0 spiro atoms. The van der Waals surface area contributed by atoms with Crippen molar-refractivity contribution in [3.63, 3.8) is 0 Å². The third-order valence-corrected chi connectivity index (χ3v) is 8.68. The molecule has 1 heterocycles. The molecule has 0 N–H and O–H groups in total. The van der Waals surface area contributed by atoms with Crippen LogP contribution in [0.15, 0.2) is 91.0 Å². The van der Waals surface area contributed by atoms with Crippen molar-refractivity contribution in [1.82, 2.24) is 0 Å². The van der Waals surface area contributed by atoms with Crippen LogP contribution in [0.2, 0.25) is 0 Å². The van der Waals surface area contributed by atoms with Gasteiger partial charge >= 0.3 is 5.97 Å². The van der Waals surface area contributed by atoms with Crippen LogP contribution in [0.25, 0.3) is 0 Å². The molecule has 2 aliphatic rings. The van der Waals surface area contributed by atoms with Crippen molar-refractivity contribution in [2.75, 3.05) is 7.11 Å². The van der Waals surface area contributed by atoms with E-state index in [0.717, 1.165) is 48.8 Å². The first kappa shape index (κ1) is 32.3. The van der Waals surface area contributed by atoms with Crippen molar-refractivity contribution in [3.8, 4) is 0 Å². The van der Waals surface area contributed by atoms with Crippen molar-refractivity contribution >= 4 is 5.97 Å². The third-order valence-electron chi connectivity index (χ3n) is 8.68. The molecule has 0 bridgehead atoms. The number of benzene rings is 3. The maximum Gasteiger partial charge on any atom is 0.305 e. The lowest BCUT2D eigenvalue weighted by Gasteiger charge is -2.47. The van der Waals surface area contributed by atoms with Crippen molar-refractivity contribution < 1.29 is 33.2 Å². The average molecular weight is 603 g/mol. The zero-order valence-corrected chi connectivity index (χ0v) is 25.9. The SMILES string of the molecule is COC(=O)CC[C@H]1CCCC[C@H]1O[C@@H]1O[C@@H](C)[C@@H](OCc2ccccc2)[C@@H](OCc2ccccc2)[C@@H]1OCc1ccccc1. The lowest BCUT2D eigenvalue weighted by molar-refractivity contribution is -0.333. The Morgan fingerprint density at radius 2 is 1.20 bits per heavy atom. The van der Waals surface area contributed by atoms with Gasteiger partial charge in [-0.05, 0) is 48.8 Å². The maximum absolute atomic E-state index is 12.0. The van der Waals surface area contributed by atoms with Gasteiger partial charge in [0, 0.05) is 6.42 Å². The fraction of sp³-hybridized carbons (Fsp3) is 0.486. The van der Waals surface area contributed by atoms with Gasteiger partial charge in [-0.2, -0.15) is 0 Å². The van der Waals surface area contributed by atoms with Crippen LogP contribution >= 0.6 is 0 Å². The molecule has 0 radical (unpaired) electrons. The van der Waals surface area contributed by atoms with E-state index in [2.05, 4.69) is 36.4 Å². The van der Waals surface area contributed by atoms with Gasteiger partial charge in [-0.25, -0.2) is 0 Å². The molecule has 3 aromatic rings. The van der Waals surface area contributed by atoms with E-state index < -0.39 is 18.5 Å². The van der Waals surface area contributed by atoms with Gasteiger partial charge in [-0.3, -0.25) is 4.79 Å². The topological polar surface area (TPSA) is 72.5 Å². The Morgan fingerprint density at radius 1 is 0.705 bits per heavy atom. The first-order chi connectivity index (χ1) is 21.6. The largest absolute Gasteiger partial charge is 0.469 e. The van der Waals surface area contributed by atoms with Crippen LogP contribution in [-0.4, -0.2) is 49.9 Å². The summed E-state index contributed by atoms with van der Waals surface area (Å²) < 4.78 is 38.3. The first-order valence-corrected chi connectivity index (χ1v) is 15.9. The Labute approximate surface area is 261 Å². The minimum atomic E-state index is -0.658. The number of ether oxygens (including phenoxy) is 6. The van der Waals surface area contributed by atoms with Crippen LogP contribution < -0.4 is 0 Å². The number of methoxy groups -OCH3 is 1. The lowest BCUT2D eigenvalue weighted by atomic mass is 9.83. The first-order valence-electron chi connectivity index (χ1n) is 15.9. The number of esters is 1. The molecule has 1 saturated carbocycles. The highest BCUT2D eigenvalue weighted by molar-refractivity contribution is 5.69. The Kier molecular flexibility index (Phi) is 12.4. The van der Waals surface area contributed by atoms with Gasteiger partial charge in [-0.1, -0.05) is 104 Å². The quantitative estimate of drug-likeness (QED) is 0.184. The number of rotatable bonds is 14. The van der Waals surface area contributed by atoms with E-state index in [1.165, 1.54) is 7.11 Å². The van der Waals surface area contributed by atoms with Crippen molar-refractivity contribution in [2.45, 2.75) is 102 Å². The van der Waals surface area contributed by atoms with E-state index in [0.29, 0.717) is 26.2 Å². The second-order valence-corrected chi connectivity index (χ2v) is 11.8. The summed E-state index contributed by atoms with van der Waals surface area (Å²) in [4.78, 5) is 12.0. The average Bonchev–Trinajstić information content (AvgIpc) is 3.07. The number of hydrogen-bond acceptors (Lipinski definition) is 7. The zero-order chi connectivity index (χ0) is 30.6. The predicted octanol–water partition coefficient (Wildman–Crippen LogP) is 7.02. The number of carbonyl (C=O) groups excluding carboxylic acids is 1. The molecular weight excluding hydrogens is 556 g/mol. The number of carbonyl (C=O) groups is 1. The van der Waals surface area contributed by atoms with Crippen LogP contribution in [0.5, 0.6) is 0 Å². The standard InChI is InChI=1S/C37H46O7/c1-27-34(40-24-28-14-6-3-7-15-28)35(41-25-29-16-8-4-9-17-29)36(42-26-30-18-10-5-11-19-30)37(43-27)44-32-21-13-12-20-31(32)22-23-33(38)39-2/h3-11,14-19,27,31-32,34-37H,12-13,20-26H2,1-2H3/t27-,31+,32+,34+,35+,36-,37-/m0/s1. The molecule has 2 fully saturated rings. The van der Waals surface area contributed by atoms with Gasteiger partial charge in [0.05, 0.1) is 39.1 Å². The second-order valence-electron chi connectivity index (χ2n) is 11.8. The summed E-state index contributed by atoms with van der Waals surface area (Å²) >= 11 is 0. The summed E-state index contributed by atoms with van der Waals surface area (Å²) in [5, 5.41) is 0. The van der Waals surface area contributed by atoms with Crippen LogP contribution in [-0.2, 0) is 53.0 Å². The Balaban J connectivity index is 1.39. The van der Waals surface area contributed by atoms with E-state index in [4.69, 9.17) is 28.4 Å². The molecule has 7 heteroatoms. The minimum absolute atomic E-state index is 0.0509. The summed E-state index contributed by atoms with van der Waals surface area (Å²) in [6.07, 6.45) is 2.84. The van der Waals surface area contributed by atoms with Crippen molar-refractivity contribution in [3.05, 3.63) is 108 Å². The van der Waals surface area contributed by atoms with E-state index in [1.54, 1.807) is 0 Å². The van der Waals surface area contributed by atoms with Gasteiger partial charge in [0.15, 0.2) is 6.29 Å². The van der Waals surface area contributed by atoms with Crippen LogP contribution in [0, 0.1) is 5.92 Å². The zero-order valence-electron chi connectivity index (χ0n) is 25.9. The molecule has 1 saturated heterocycles. The van der Waals surface area contributed by atoms with E-state index in [1.807, 2.05) is 61.5 Å². The van der Waals surface area contributed by atoms with Gasteiger partial charge in [-0.15, -0.1) is 0 Å². The molecule has 3 aromatic carbocycles. The molecular formula is C37H46O7.